The van der Waals surface area contributed by atoms with Gasteiger partial charge in [-0.2, -0.15) is 0 Å². The van der Waals surface area contributed by atoms with Gasteiger partial charge in [-0.3, -0.25) is 29.3 Å². The van der Waals surface area contributed by atoms with Gasteiger partial charge in [-0.1, -0.05) is 11.6 Å². The van der Waals surface area contributed by atoms with Crippen molar-refractivity contribution in [3.05, 3.63) is 87.3 Å². The number of hydrogen-bond acceptors (Lipinski definition) is 7. The van der Waals surface area contributed by atoms with E-state index in [0.29, 0.717) is 11.4 Å². The summed E-state index contributed by atoms with van der Waals surface area (Å²) in [6.45, 7) is 1.20. The van der Waals surface area contributed by atoms with Crippen LogP contribution >= 0.6 is 11.6 Å². The number of halogens is 1. The maximum Gasteiger partial charge on any atom is 0.288 e. The smallest absolute Gasteiger partial charge is 0.288 e. The largest absolute Gasteiger partial charge is 0.467 e. The number of amides is 4. The van der Waals surface area contributed by atoms with Crippen molar-refractivity contribution >= 4 is 52.3 Å². The molecule has 1 saturated heterocycles. The number of benzene rings is 2. The predicted octanol–water partition coefficient (Wildman–Crippen LogP) is 3.77. The Bertz CT molecular complexity index is 1360. The number of anilines is 2. The van der Waals surface area contributed by atoms with Crippen LogP contribution < -0.4 is 10.2 Å². The number of nitrogens with zero attached hydrogens (tertiary/aromatic N) is 3. The molecular weight excluding hydrogens is 492 g/mol. The van der Waals surface area contributed by atoms with Gasteiger partial charge in [-0.15, -0.1) is 0 Å². The van der Waals surface area contributed by atoms with E-state index in [1.165, 1.54) is 37.5 Å². The third-order valence-electron chi connectivity index (χ3n) is 5.50. The van der Waals surface area contributed by atoms with Crippen molar-refractivity contribution in [1.29, 1.82) is 0 Å². The summed E-state index contributed by atoms with van der Waals surface area (Å²) in [5, 5.41) is 13.8. The Kier molecular flexibility index (Phi) is 6.84. The molecule has 1 N–H and O–H groups in total. The van der Waals surface area contributed by atoms with E-state index >= 15 is 0 Å². The van der Waals surface area contributed by atoms with Gasteiger partial charge < -0.3 is 14.6 Å². The molecule has 4 amide bonds. The van der Waals surface area contributed by atoms with E-state index in [1.54, 1.807) is 24.3 Å². The summed E-state index contributed by atoms with van der Waals surface area (Å²) in [5.41, 5.74) is 0.223. The van der Waals surface area contributed by atoms with Crippen molar-refractivity contribution in [3.63, 3.8) is 0 Å². The third-order valence-corrected chi connectivity index (χ3v) is 5.82. The van der Waals surface area contributed by atoms with E-state index < -0.39 is 34.4 Å². The summed E-state index contributed by atoms with van der Waals surface area (Å²) < 4.78 is 5.34. The lowest BCUT2D eigenvalue weighted by Crippen LogP contribution is -2.45. The van der Waals surface area contributed by atoms with Crippen LogP contribution in [0.1, 0.15) is 29.5 Å². The molecule has 1 aliphatic rings. The first-order valence-corrected chi connectivity index (χ1v) is 11.0. The van der Waals surface area contributed by atoms with Crippen LogP contribution in [-0.2, 0) is 20.9 Å². The molecule has 2 heterocycles. The Labute approximate surface area is 209 Å². The highest BCUT2D eigenvalue weighted by molar-refractivity contribution is 6.32. The Morgan fingerprint density at radius 1 is 1.19 bits per heavy atom. The number of nitro groups is 1. The highest BCUT2D eigenvalue weighted by Gasteiger charge is 2.45. The average Bonchev–Trinajstić information content (AvgIpc) is 3.45. The first-order valence-electron chi connectivity index (χ1n) is 10.7. The Morgan fingerprint density at radius 3 is 2.53 bits per heavy atom. The van der Waals surface area contributed by atoms with E-state index in [2.05, 4.69) is 5.32 Å². The van der Waals surface area contributed by atoms with E-state index in [1.807, 2.05) is 0 Å². The second-order valence-corrected chi connectivity index (χ2v) is 8.36. The molecule has 1 atom stereocenters. The molecule has 4 rings (SSSR count). The van der Waals surface area contributed by atoms with E-state index in [-0.39, 0.29) is 35.1 Å². The molecule has 36 heavy (non-hydrogen) atoms. The van der Waals surface area contributed by atoms with E-state index in [4.69, 9.17) is 16.0 Å². The van der Waals surface area contributed by atoms with Gasteiger partial charge in [-0.25, -0.2) is 4.90 Å². The average molecular weight is 511 g/mol. The molecule has 184 valence electrons. The van der Waals surface area contributed by atoms with Crippen molar-refractivity contribution in [1.82, 2.24) is 4.90 Å². The lowest BCUT2D eigenvalue weighted by atomic mass is 10.1. The molecule has 2 aromatic carbocycles. The van der Waals surface area contributed by atoms with Crippen molar-refractivity contribution in [2.45, 2.75) is 25.9 Å². The topological polar surface area (TPSA) is 143 Å². The van der Waals surface area contributed by atoms with Gasteiger partial charge in [0.1, 0.15) is 16.8 Å². The van der Waals surface area contributed by atoms with Crippen LogP contribution in [0.2, 0.25) is 5.02 Å². The standard InChI is InChI=1S/C24H19ClN4O7/c1-14(30)26-16-5-7-17(8-6-16)28-22(31)12-21(24(28)33)27(13-18-3-2-10-36-18)23(32)15-4-9-19(25)20(11-15)29(34)35/h2-11,21H,12-13H2,1H3,(H,26,30). The normalized spacial score (nSPS) is 15.2. The summed E-state index contributed by atoms with van der Waals surface area (Å²) in [5.74, 6) is -1.80. The van der Waals surface area contributed by atoms with Crippen LogP contribution in [0.3, 0.4) is 0 Å². The first kappa shape index (κ1) is 24.6. The molecule has 0 bridgehead atoms. The number of hydrogen-bond donors (Lipinski definition) is 1. The maximum absolute atomic E-state index is 13.5. The highest BCUT2D eigenvalue weighted by atomic mass is 35.5. The number of imide groups is 1. The molecule has 0 saturated carbocycles. The van der Waals surface area contributed by atoms with Crippen LogP contribution in [0.25, 0.3) is 0 Å². The number of carbonyl (C=O) groups excluding carboxylic acids is 4. The molecule has 12 heteroatoms. The fourth-order valence-corrected chi connectivity index (χ4v) is 4.06. The molecule has 1 aromatic heterocycles. The van der Waals surface area contributed by atoms with Gasteiger partial charge in [-0.05, 0) is 48.5 Å². The Balaban J connectivity index is 1.66. The zero-order valence-electron chi connectivity index (χ0n) is 18.8. The Morgan fingerprint density at radius 2 is 1.92 bits per heavy atom. The molecule has 3 aromatic rings. The predicted molar refractivity (Wildman–Crippen MR) is 128 cm³/mol. The quantitative estimate of drug-likeness (QED) is 0.289. The lowest BCUT2D eigenvalue weighted by Gasteiger charge is -2.27. The number of nitro benzene ring substituents is 1. The van der Waals surface area contributed by atoms with Gasteiger partial charge in [0.25, 0.3) is 17.5 Å². The fraction of sp³-hybridized carbons (Fsp3) is 0.167. The Hall–Kier alpha value is -4.51. The second-order valence-electron chi connectivity index (χ2n) is 7.95. The van der Waals surface area contributed by atoms with Crippen LogP contribution in [-0.4, -0.2) is 39.5 Å². The number of carbonyl (C=O) groups is 4. The summed E-state index contributed by atoms with van der Waals surface area (Å²) in [6.07, 6.45) is 1.10. The van der Waals surface area contributed by atoms with Gasteiger partial charge in [0.2, 0.25) is 11.8 Å². The summed E-state index contributed by atoms with van der Waals surface area (Å²) >= 11 is 5.88. The van der Waals surface area contributed by atoms with Gasteiger partial charge in [0.15, 0.2) is 0 Å². The van der Waals surface area contributed by atoms with Crippen molar-refractivity contribution in [2.24, 2.45) is 0 Å². The minimum atomic E-state index is -1.18. The lowest BCUT2D eigenvalue weighted by molar-refractivity contribution is -0.384. The van der Waals surface area contributed by atoms with Crippen molar-refractivity contribution < 1.29 is 28.5 Å². The SMILES string of the molecule is CC(=O)Nc1ccc(N2C(=O)CC(N(Cc3ccco3)C(=O)c3ccc(Cl)c([N+](=O)[O-])c3)C2=O)cc1. The van der Waals surface area contributed by atoms with Crippen LogP contribution in [0.5, 0.6) is 0 Å². The van der Waals surface area contributed by atoms with E-state index in [0.717, 1.165) is 15.9 Å². The number of nitrogens with one attached hydrogen (secondary N) is 1. The van der Waals surface area contributed by atoms with Crippen molar-refractivity contribution in [3.8, 4) is 0 Å². The summed E-state index contributed by atoms with van der Waals surface area (Å²) in [7, 11) is 0. The molecule has 1 aliphatic heterocycles. The molecule has 0 spiro atoms. The number of furan rings is 1. The van der Waals surface area contributed by atoms with Crippen LogP contribution in [0.15, 0.2) is 65.3 Å². The molecule has 0 radical (unpaired) electrons. The van der Waals surface area contributed by atoms with Gasteiger partial charge >= 0.3 is 0 Å². The van der Waals surface area contributed by atoms with Crippen molar-refractivity contribution in [2.75, 3.05) is 10.2 Å². The van der Waals surface area contributed by atoms with Gasteiger partial charge in [0.05, 0.1) is 29.8 Å². The zero-order valence-corrected chi connectivity index (χ0v) is 19.6. The minimum Gasteiger partial charge on any atom is -0.467 e. The van der Waals surface area contributed by atoms with E-state index in [9.17, 15) is 29.3 Å². The zero-order chi connectivity index (χ0) is 26.0. The summed E-state index contributed by atoms with van der Waals surface area (Å²) in [6, 6.07) is 11.7. The number of rotatable bonds is 7. The molecule has 0 aliphatic carbocycles. The molecule has 1 fully saturated rings. The summed E-state index contributed by atoms with van der Waals surface area (Å²) in [4.78, 5) is 63.7. The third kappa shape index (κ3) is 4.96. The fourth-order valence-electron chi connectivity index (χ4n) is 3.87. The molecule has 1 unspecified atom stereocenters. The van der Waals surface area contributed by atoms with Gasteiger partial charge in [0, 0.05) is 24.2 Å². The first-order chi connectivity index (χ1) is 17.2. The minimum absolute atomic E-state index is 0.0731. The van der Waals surface area contributed by atoms with Crippen LogP contribution in [0.4, 0.5) is 17.1 Å². The highest BCUT2D eigenvalue weighted by Crippen LogP contribution is 2.30. The van der Waals surface area contributed by atoms with Crippen LogP contribution in [0, 0.1) is 10.1 Å². The molecule has 11 nitrogen and oxygen atoms in total. The monoisotopic (exact) mass is 510 g/mol. The maximum atomic E-state index is 13.5. The molecular formula is C24H19ClN4O7. The second kappa shape index (κ2) is 10.0.